The Morgan fingerprint density at radius 3 is 3.04 bits per heavy atom. The van der Waals surface area contributed by atoms with E-state index in [2.05, 4.69) is 20.1 Å². The first-order chi connectivity index (χ1) is 12.1. The number of aromatic nitrogens is 3. The first-order valence-electron chi connectivity index (χ1n) is 8.37. The molecule has 1 unspecified atom stereocenters. The molecule has 0 aliphatic carbocycles. The van der Waals surface area contributed by atoms with Crippen molar-refractivity contribution in [3.63, 3.8) is 0 Å². The first-order valence-corrected chi connectivity index (χ1v) is 8.37. The van der Waals surface area contributed by atoms with Gasteiger partial charge in [0, 0.05) is 25.6 Å². The molecule has 25 heavy (non-hydrogen) atoms. The molecule has 134 valence electrons. The van der Waals surface area contributed by atoms with E-state index in [1.165, 1.54) is 13.2 Å². The molecule has 1 aromatic heterocycles. The third-order valence-electron chi connectivity index (χ3n) is 4.27. The average molecular weight is 347 g/mol. The van der Waals surface area contributed by atoms with Gasteiger partial charge >= 0.3 is 0 Å². The first kappa shape index (κ1) is 17.5. The van der Waals surface area contributed by atoms with Gasteiger partial charge in [-0.3, -0.25) is 4.79 Å². The maximum atomic E-state index is 14.1. The lowest BCUT2D eigenvalue weighted by atomic mass is 10.1. The van der Waals surface area contributed by atoms with Crippen LogP contribution in [0.3, 0.4) is 0 Å². The smallest absolute Gasteiger partial charge is 0.243 e. The molecule has 0 bridgehead atoms. The number of nitrogens with two attached hydrogens (primary N) is 1. The zero-order valence-corrected chi connectivity index (χ0v) is 14.2. The molecule has 0 saturated heterocycles. The van der Waals surface area contributed by atoms with E-state index >= 15 is 0 Å². The van der Waals surface area contributed by atoms with Gasteiger partial charge in [0.15, 0.2) is 5.82 Å². The van der Waals surface area contributed by atoms with E-state index in [1.54, 1.807) is 12.1 Å². The Kier molecular flexibility index (Phi) is 5.40. The molecule has 7 nitrogen and oxygen atoms in total. The van der Waals surface area contributed by atoms with Crippen LogP contribution in [0.5, 0.6) is 0 Å². The minimum absolute atomic E-state index is 0.0603. The van der Waals surface area contributed by atoms with Gasteiger partial charge in [-0.2, -0.15) is 0 Å². The van der Waals surface area contributed by atoms with Crippen LogP contribution in [-0.4, -0.2) is 40.4 Å². The highest BCUT2D eigenvalue weighted by Crippen LogP contribution is 2.26. The van der Waals surface area contributed by atoms with Crippen LogP contribution in [0.2, 0.25) is 0 Å². The van der Waals surface area contributed by atoms with Crippen molar-refractivity contribution in [1.82, 2.24) is 14.8 Å². The number of carbonyl (C=O) groups is 1. The Balaban J connectivity index is 1.87. The normalized spacial score (nSPS) is 15.3. The molecule has 2 aromatic rings. The number of ether oxygens (including phenoxy) is 1. The molecular formula is C17H22FN5O2. The van der Waals surface area contributed by atoms with E-state index in [0.29, 0.717) is 11.4 Å². The van der Waals surface area contributed by atoms with Crippen LogP contribution in [0.15, 0.2) is 18.2 Å². The molecule has 1 aromatic carbocycles. The minimum Gasteiger partial charge on any atom is -0.383 e. The van der Waals surface area contributed by atoms with Crippen molar-refractivity contribution in [3.05, 3.63) is 29.8 Å². The van der Waals surface area contributed by atoms with Gasteiger partial charge in [-0.1, -0.05) is 6.42 Å². The Morgan fingerprint density at radius 2 is 2.24 bits per heavy atom. The van der Waals surface area contributed by atoms with Crippen LogP contribution in [0, 0.1) is 5.82 Å². The molecule has 3 rings (SSSR count). The molecule has 0 saturated carbocycles. The van der Waals surface area contributed by atoms with Crippen LogP contribution >= 0.6 is 0 Å². The lowest BCUT2D eigenvalue weighted by Gasteiger charge is -2.13. The summed E-state index contributed by atoms with van der Waals surface area (Å²) in [6, 6.07) is 3.65. The van der Waals surface area contributed by atoms with Crippen molar-refractivity contribution in [2.75, 3.05) is 19.0 Å². The van der Waals surface area contributed by atoms with Crippen LogP contribution in [0.1, 0.15) is 25.1 Å². The van der Waals surface area contributed by atoms with Gasteiger partial charge in [-0.05, 0) is 31.0 Å². The monoisotopic (exact) mass is 347 g/mol. The number of methoxy groups -OCH3 is 1. The van der Waals surface area contributed by atoms with Gasteiger partial charge in [0.2, 0.25) is 5.91 Å². The maximum Gasteiger partial charge on any atom is 0.243 e. The summed E-state index contributed by atoms with van der Waals surface area (Å²) in [5, 5.41) is 11.0. The number of carbonyl (C=O) groups excluding carboxylic acids is 1. The van der Waals surface area contributed by atoms with Crippen molar-refractivity contribution in [3.8, 4) is 11.4 Å². The van der Waals surface area contributed by atoms with Crippen molar-refractivity contribution < 1.29 is 13.9 Å². The van der Waals surface area contributed by atoms with E-state index in [9.17, 15) is 9.18 Å². The number of hydrogen-bond acceptors (Lipinski definition) is 5. The molecule has 0 fully saturated rings. The lowest BCUT2D eigenvalue weighted by Crippen LogP contribution is -2.39. The predicted molar refractivity (Wildman–Crippen MR) is 91.5 cm³/mol. The fourth-order valence-electron chi connectivity index (χ4n) is 2.94. The second-order valence-electron chi connectivity index (χ2n) is 6.15. The molecule has 8 heteroatoms. The van der Waals surface area contributed by atoms with Gasteiger partial charge in [0.1, 0.15) is 17.7 Å². The predicted octanol–water partition coefficient (Wildman–Crippen LogP) is 1.72. The second kappa shape index (κ2) is 7.71. The Hall–Kier alpha value is -2.32. The summed E-state index contributed by atoms with van der Waals surface area (Å²) in [6.07, 6.45) is 4.21. The van der Waals surface area contributed by atoms with Crippen LogP contribution in [-0.2, 0) is 22.5 Å². The third-order valence-corrected chi connectivity index (χ3v) is 4.27. The number of amides is 1. The molecule has 0 radical (unpaired) electrons. The summed E-state index contributed by atoms with van der Waals surface area (Å²) in [6.45, 7) is 0.903. The molecule has 3 N–H and O–H groups in total. The zero-order valence-electron chi connectivity index (χ0n) is 14.2. The van der Waals surface area contributed by atoms with Crippen molar-refractivity contribution >= 4 is 11.6 Å². The zero-order chi connectivity index (χ0) is 17.8. The quantitative estimate of drug-likeness (QED) is 0.859. The van der Waals surface area contributed by atoms with Gasteiger partial charge in [-0.15, -0.1) is 10.2 Å². The summed E-state index contributed by atoms with van der Waals surface area (Å²) in [7, 11) is 1.45. The Labute approximate surface area is 145 Å². The standard InChI is InChI=1S/C17H22FN5O2/c1-25-10-13(19)17(24)20-14-9-11(6-7-12(14)18)16-22-21-15-5-3-2-4-8-23(15)16/h6-7,9,13H,2-5,8,10,19H2,1H3,(H,20,24). The fourth-order valence-corrected chi connectivity index (χ4v) is 2.94. The van der Waals surface area contributed by atoms with Crippen molar-refractivity contribution in [2.45, 2.75) is 38.3 Å². The molecule has 1 aliphatic heterocycles. The summed E-state index contributed by atoms with van der Waals surface area (Å²) in [5.41, 5.74) is 6.46. The minimum atomic E-state index is -0.863. The third kappa shape index (κ3) is 3.85. The number of aryl methyl sites for hydroxylation is 1. The average Bonchev–Trinajstić information content (AvgIpc) is 2.85. The highest BCUT2D eigenvalue weighted by Gasteiger charge is 2.19. The van der Waals surface area contributed by atoms with Gasteiger partial charge < -0.3 is 20.4 Å². The SMILES string of the molecule is COCC(N)C(=O)Nc1cc(-c2nnc3n2CCCCC3)ccc1F. The molecule has 0 spiro atoms. The fraction of sp³-hybridized carbons (Fsp3) is 0.471. The topological polar surface area (TPSA) is 95.1 Å². The molecule has 1 atom stereocenters. The van der Waals surface area contributed by atoms with Gasteiger partial charge in [0.05, 0.1) is 12.3 Å². The number of halogens is 1. The molecule has 1 aliphatic rings. The summed E-state index contributed by atoms with van der Waals surface area (Å²) < 4.78 is 21.0. The highest BCUT2D eigenvalue weighted by atomic mass is 19.1. The van der Waals surface area contributed by atoms with Gasteiger partial charge in [0.25, 0.3) is 0 Å². The number of fused-ring (bicyclic) bond motifs is 1. The lowest BCUT2D eigenvalue weighted by molar-refractivity contribution is -0.118. The molecular weight excluding hydrogens is 325 g/mol. The summed E-state index contributed by atoms with van der Waals surface area (Å²) >= 11 is 0. The second-order valence-corrected chi connectivity index (χ2v) is 6.15. The summed E-state index contributed by atoms with van der Waals surface area (Å²) in [5.74, 6) is 0.605. The van der Waals surface area contributed by atoms with Gasteiger partial charge in [-0.25, -0.2) is 4.39 Å². The molecule has 1 amide bonds. The van der Waals surface area contributed by atoms with Crippen LogP contribution < -0.4 is 11.1 Å². The van der Waals surface area contributed by atoms with E-state index < -0.39 is 17.8 Å². The maximum absolute atomic E-state index is 14.1. The van der Waals surface area contributed by atoms with E-state index in [4.69, 9.17) is 10.5 Å². The summed E-state index contributed by atoms with van der Waals surface area (Å²) in [4.78, 5) is 12.0. The Morgan fingerprint density at radius 1 is 1.40 bits per heavy atom. The number of anilines is 1. The Bertz CT molecular complexity index is 761. The van der Waals surface area contributed by atoms with Crippen molar-refractivity contribution in [1.29, 1.82) is 0 Å². The van der Waals surface area contributed by atoms with E-state index in [0.717, 1.165) is 38.1 Å². The number of nitrogens with zero attached hydrogens (tertiary/aromatic N) is 3. The number of nitrogens with one attached hydrogen (secondary N) is 1. The van der Waals surface area contributed by atoms with Crippen molar-refractivity contribution in [2.24, 2.45) is 5.73 Å². The number of rotatable bonds is 5. The van der Waals surface area contributed by atoms with Crippen LogP contribution in [0.25, 0.3) is 11.4 Å². The highest BCUT2D eigenvalue weighted by molar-refractivity contribution is 5.95. The number of benzene rings is 1. The largest absolute Gasteiger partial charge is 0.383 e. The molecule has 2 heterocycles. The van der Waals surface area contributed by atoms with E-state index in [-0.39, 0.29) is 12.3 Å². The van der Waals surface area contributed by atoms with E-state index in [1.807, 2.05) is 0 Å². The number of hydrogen-bond donors (Lipinski definition) is 2. The van der Waals surface area contributed by atoms with Crippen LogP contribution in [0.4, 0.5) is 10.1 Å².